The van der Waals surface area contributed by atoms with E-state index in [0.29, 0.717) is 0 Å². The van der Waals surface area contributed by atoms with Crippen molar-refractivity contribution in [3.8, 4) is 16.9 Å². The van der Waals surface area contributed by atoms with Crippen LogP contribution in [0, 0.1) is 0 Å². The standard InChI is InChI=1S/C17H10ClF6N5O2/c18-11-6-8(26-15-27-14(25)28-29-15)5-10(16(19,20)21)12(11)7-1-3-9(4-2-7)31-13(30)17(22,23)24/h1-6H,(H4,25,26,27,28,29). The molecular formula is C17H10ClF6N5O2. The van der Waals surface area contributed by atoms with Crippen LogP contribution in [0.25, 0.3) is 11.1 Å². The summed E-state index contributed by atoms with van der Waals surface area (Å²) in [4.78, 5) is 14.6. The van der Waals surface area contributed by atoms with Crippen molar-refractivity contribution in [1.82, 2.24) is 15.2 Å². The molecular weight excluding hydrogens is 456 g/mol. The number of ether oxygens (including phenoxy) is 1. The number of nitrogens with zero attached hydrogens (tertiary/aromatic N) is 2. The van der Waals surface area contributed by atoms with Gasteiger partial charge in [0.2, 0.25) is 11.9 Å². The molecule has 0 amide bonds. The fourth-order valence-electron chi connectivity index (χ4n) is 2.51. The zero-order chi connectivity index (χ0) is 23.0. The number of carbonyl (C=O) groups excluding carboxylic acids is 1. The van der Waals surface area contributed by atoms with E-state index in [1.807, 2.05) is 0 Å². The molecule has 0 unspecified atom stereocenters. The number of halogens is 7. The average Bonchev–Trinajstić information content (AvgIpc) is 3.05. The van der Waals surface area contributed by atoms with Gasteiger partial charge in [-0.25, -0.2) is 9.89 Å². The third-order valence-corrected chi connectivity index (χ3v) is 4.04. The first-order valence-corrected chi connectivity index (χ1v) is 8.47. The molecule has 0 saturated heterocycles. The second-order valence-electron chi connectivity index (χ2n) is 5.96. The number of anilines is 3. The monoisotopic (exact) mass is 465 g/mol. The summed E-state index contributed by atoms with van der Waals surface area (Å²) in [5.74, 6) is -3.12. The van der Waals surface area contributed by atoms with Gasteiger partial charge in [-0.3, -0.25) is 0 Å². The SMILES string of the molecule is Nc1nc(Nc2cc(Cl)c(-c3ccc(OC(=O)C(F)(F)F)cc3)c(C(F)(F)F)c2)n[nH]1. The van der Waals surface area contributed by atoms with Crippen molar-refractivity contribution in [1.29, 1.82) is 0 Å². The first kappa shape index (κ1) is 22.2. The highest BCUT2D eigenvalue weighted by Crippen LogP contribution is 2.43. The maximum absolute atomic E-state index is 13.7. The Morgan fingerprint density at radius 2 is 1.74 bits per heavy atom. The number of rotatable bonds is 4. The van der Waals surface area contributed by atoms with E-state index in [1.54, 1.807) is 0 Å². The van der Waals surface area contributed by atoms with Crippen LogP contribution in [0.4, 0.5) is 43.9 Å². The maximum Gasteiger partial charge on any atom is 0.491 e. The molecule has 1 aromatic heterocycles. The van der Waals surface area contributed by atoms with Crippen LogP contribution in [0.1, 0.15) is 5.56 Å². The third-order valence-electron chi connectivity index (χ3n) is 3.74. The Labute approximate surface area is 174 Å². The van der Waals surface area contributed by atoms with Gasteiger partial charge in [0.1, 0.15) is 5.75 Å². The summed E-state index contributed by atoms with van der Waals surface area (Å²) in [6.07, 6.45) is -10.1. The molecule has 0 saturated carbocycles. The van der Waals surface area contributed by atoms with E-state index in [0.717, 1.165) is 30.3 Å². The van der Waals surface area contributed by atoms with Crippen molar-refractivity contribution in [2.75, 3.05) is 11.1 Å². The number of aromatic nitrogens is 3. The lowest BCUT2D eigenvalue weighted by Crippen LogP contribution is -2.27. The number of nitrogens with two attached hydrogens (primary N) is 1. The summed E-state index contributed by atoms with van der Waals surface area (Å²) < 4.78 is 82.0. The Balaban J connectivity index is 1.97. The Bertz CT molecular complexity index is 1110. The number of nitrogens with one attached hydrogen (secondary N) is 2. The Morgan fingerprint density at radius 3 is 2.26 bits per heavy atom. The smallest absolute Gasteiger partial charge is 0.420 e. The van der Waals surface area contributed by atoms with Gasteiger partial charge in [0.05, 0.1) is 10.6 Å². The fourth-order valence-corrected chi connectivity index (χ4v) is 2.84. The van der Waals surface area contributed by atoms with Crippen LogP contribution in [0.2, 0.25) is 5.02 Å². The Morgan fingerprint density at radius 1 is 1.10 bits per heavy atom. The van der Waals surface area contributed by atoms with E-state index in [2.05, 4.69) is 25.2 Å². The second-order valence-corrected chi connectivity index (χ2v) is 6.37. The molecule has 0 atom stereocenters. The van der Waals surface area contributed by atoms with Crippen molar-refractivity contribution in [2.24, 2.45) is 0 Å². The predicted octanol–water partition coefficient (Wildman–Crippen LogP) is 4.94. The minimum Gasteiger partial charge on any atom is -0.420 e. The zero-order valence-corrected chi connectivity index (χ0v) is 15.7. The third kappa shape index (κ3) is 5.17. The minimum absolute atomic E-state index is 0.0624. The highest BCUT2D eigenvalue weighted by molar-refractivity contribution is 6.34. The van der Waals surface area contributed by atoms with Crippen molar-refractivity contribution in [2.45, 2.75) is 12.4 Å². The molecule has 0 aliphatic carbocycles. The lowest BCUT2D eigenvalue weighted by atomic mass is 9.98. The van der Waals surface area contributed by atoms with Crippen LogP contribution in [0.3, 0.4) is 0 Å². The maximum atomic E-state index is 13.7. The molecule has 0 fully saturated rings. The van der Waals surface area contributed by atoms with Gasteiger partial charge in [-0.2, -0.15) is 31.3 Å². The van der Waals surface area contributed by atoms with Crippen LogP contribution >= 0.6 is 11.6 Å². The number of nitrogen functional groups attached to an aromatic ring is 1. The molecule has 31 heavy (non-hydrogen) atoms. The number of carbonyl (C=O) groups is 1. The van der Waals surface area contributed by atoms with Gasteiger partial charge in [0.25, 0.3) is 0 Å². The van der Waals surface area contributed by atoms with Crippen LogP contribution in [0.5, 0.6) is 5.75 Å². The molecule has 0 bridgehead atoms. The molecule has 14 heteroatoms. The van der Waals surface area contributed by atoms with E-state index < -0.39 is 35.2 Å². The molecule has 4 N–H and O–H groups in total. The van der Waals surface area contributed by atoms with E-state index in [-0.39, 0.29) is 28.2 Å². The molecule has 7 nitrogen and oxygen atoms in total. The topological polar surface area (TPSA) is 106 Å². The molecule has 1 heterocycles. The molecule has 0 spiro atoms. The molecule has 0 radical (unpaired) electrons. The van der Waals surface area contributed by atoms with Crippen molar-refractivity contribution >= 4 is 35.2 Å². The Kier molecular flexibility index (Phi) is 5.72. The molecule has 164 valence electrons. The second kappa shape index (κ2) is 7.98. The molecule has 3 rings (SSSR count). The van der Waals surface area contributed by atoms with E-state index in [1.165, 1.54) is 6.07 Å². The summed E-state index contributed by atoms with van der Waals surface area (Å²) in [5, 5.41) is 8.15. The van der Waals surface area contributed by atoms with Crippen LogP contribution < -0.4 is 15.8 Å². The highest BCUT2D eigenvalue weighted by Gasteiger charge is 2.41. The van der Waals surface area contributed by atoms with Crippen LogP contribution in [-0.4, -0.2) is 27.3 Å². The van der Waals surface area contributed by atoms with Gasteiger partial charge in [-0.1, -0.05) is 23.7 Å². The summed E-state index contributed by atoms with van der Waals surface area (Å²) >= 11 is 6.08. The summed E-state index contributed by atoms with van der Waals surface area (Å²) in [5.41, 5.74) is 3.64. The van der Waals surface area contributed by atoms with Gasteiger partial charge in [-0.05, 0) is 29.8 Å². The number of aromatic amines is 1. The first-order chi connectivity index (χ1) is 14.3. The highest BCUT2D eigenvalue weighted by atomic mass is 35.5. The quantitative estimate of drug-likeness (QED) is 0.286. The van der Waals surface area contributed by atoms with Crippen LogP contribution in [-0.2, 0) is 11.0 Å². The van der Waals surface area contributed by atoms with Gasteiger partial charge < -0.3 is 15.8 Å². The van der Waals surface area contributed by atoms with Crippen molar-refractivity contribution in [3.05, 3.63) is 47.0 Å². The first-order valence-electron chi connectivity index (χ1n) is 8.09. The van der Waals surface area contributed by atoms with Gasteiger partial charge in [0, 0.05) is 11.3 Å². The van der Waals surface area contributed by atoms with E-state index >= 15 is 0 Å². The summed E-state index contributed by atoms with van der Waals surface area (Å²) in [6.45, 7) is 0. The zero-order valence-electron chi connectivity index (χ0n) is 14.9. The fraction of sp³-hybridized carbons (Fsp3) is 0.118. The van der Waals surface area contributed by atoms with Crippen LogP contribution in [0.15, 0.2) is 36.4 Å². The molecule has 3 aromatic rings. The number of hydrogen-bond donors (Lipinski definition) is 3. The van der Waals surface area contributed by atoms with Gasteiger partial charge in [0.15, 0.2) is 0 Å². The molecule has 0 aliphatic heterocycles. The summed E-state index contributed by atoms with van der Waals surface area (Å²) in [7, 11) is 0. The predicted molar refractivity (Wildman–Crippen MR) is 97.7 cm³/mol. The van der Waals surface area contributed by atoms with Crippen molar-refractivity contribution in [3.63, 3.8) is 0 Å². The number of alkyl halides is 6. The molecule has 2 aromatic carbocycles. The minimum atomic E-state index is -5.22. The van der Waals surface area contributed by atoms with Gasteiger partial charge in [-0.15, -0.1) is 5.10 Å². The number of hydrogen-bond acceptors (Lipinski definition) is 6. The molecule has 0 aliphatic rings. The van der Waals surface area contributed by atoms with Gasteiger partial charge >= 0.3 is 18.3 Å². The summed E-state index contributed by atoms with van der Waals surface area (Å²) in [6, 6.07) is 5.84. The lowest BCUT2D eigenvalue weighted by molar-refractivity contribution is -0.189. The number of esters is 1. The number of H-pyrrole nitrogens is 1. The van der Waals surface area contributed by atoms with E-state index in [4.69, 9.17) is 17.3 Å². The average molecular weight is 466 g/mol. The van der Waals surface area contributed by atoms with E-state index in [9.17, 15) is 31.1 Å². The Hall–Kier alpha value is -3.48. The number of benzene rings is 2. The normalized spacial score (nSPS) is 12.0. The largest absolute Gasteiger partial charge is 0.491 e. The van der Waals surface area contributed by atoms with Crippen molar-refractivity contribution < 1.29 is 35.9 Å². The lowest BCUT2D eigenvalue weighted by Gasteiger charge is -2.17.